The van der Waals surface area contributed by atoms with Gasteiger partial charge in [0, 0.05) is 5.56 Å². The van der Waals surface area contributed by atoms with Crippen LogP contribution in [0.1, 0.15) is 11.1 Å². The summed E-state index contributed by atoms with van der Waals surface area (Å²) in [6, 6.07) is 11.5. The third-order valence-electron chi connectivity index (χ3n) is 2.63. The highest BCUT2D eigenvalue weighted by Gasteiger charge is 2.09. The Balaban J connectivity index is 2.53. The molecule has 0 aliphatic carbocycles. The Morgan fingerprint density at radius 1 is 1.35 bits per heavy atom. The normalized spacial score (nSPS) is 11.2. The molecule has 2 rings (SSSR count). The van der Waals surface area contributed by atoms with Gasteiger partial charge in [-0.1, -0.05) is 18.2 Å². The summed E-state index contributed by atoms with van der Waals surface area (Å²) in [7, 11) is 0. The standard InChI is InChI=1S/C15H8BrFINO/c16-12-6-9(7-14(18)15(12)20)5-10(8-19)11-3-1-2-4-13(11)17/h1-7,20H/b10-5-. The van der Waals surface area contributed by atoms with E-state index in [1.165, 1.54) is 6.07 Å². The van der Waals surface area contributed by atoms with Crippen LogP contribution in [-0.4, -0.2) is 5.11 Å². The molecule has 2 aromatic carbocycles. The number of halogens is 3. The molecule has 20 heavy (non-hydrogen) atoms. The maximum Gasteiger partial charge on any atom is 0.143 e. The predicted molar refractivity (Wildman–Crippen MR) is 88.4 cm³/mol. The fourth-order valence-corrected chi connectivity index (χ4v) is 3.18. The first kappa shape index (κ1) is 15.0. The molecule has 0 aromatic heterocycles. The number of nitrogens with zero attached hydrogens (tertiary/aromatic N) is 1. The van der Waals surface area contributed by atoms with Crippen molar-refractivity contribution in [1.29, 1.82) is 5.26 Å². The lowest BCUT2D eigenvalue weighted by molar-refractivity contribution is 0.468. The van der Waals surface area contributed by atoms with Crippen molar-refractivity contribution in [2.45, 2.75) is 0 Å². The minimum atomic E-state index is -0.437. The first-order valence-electron chi connectivity index (χ1n) is 5.57. The van der Waals surface area contributed by atoms with E-state index in [0.29, 0.717) is 13.6 Å². The van der Waals surface area contributed by atoms with Gasteiger partial charge in [-0.05, 0) is 68.4 Å². The molecular formula is C15H8BrFINO. The van der Waals surface area contributed by atoms with E-state index in [4.69, 9.17) is 0 Å². The summed E-state index contributed by atoms with van der Waals surface area (Å²) in [5, 5.41) is 18.9. The minimum Gasteiger partial charge on any atom is -0.506 e. The van der Waals surface area contributed by atoms with Gasteiger partial charge in [0.1, 0.15) is 11.6 Å². The van der Waals surface area contributed by atoms with Gasteiger partial charge < -0.3 is 5.11 Å². The summed E-state index contributed by atoms with van der Waals surface area (Å²) < 4.78 is 14.9. The van der Waals surface area contributed by atoms with Crippen molar-refractivity contribution in [2.75, 3.05) is 0 Å². The number of allylic oxidation sites excluding steroid dienone is 1. The summed E-state index contributed by atoms with van der Waals surface area (Å²) >= 11 is 5.23. The summed E-state index contributed by atoms with van der Waals surface area (Å²) in [5.74, 6) is -0.292. The van der Waals surface area contributed by atoms with Gasteiger partial charge in [-0.15, -0.1) is 0 Å². The van der Waals surface area contributed by atoms with Gasteiger partial charge >= 0.3 is 0 Å². The Morgan fingerprint density at radius 2 is 2.05 bits per heavy atom. The molecule has 0 bridgehead atoms. The van der Waals surface area contributed by atoms with Gasteiger partial charge in [-0.3, -0.25) is 0 Å². The van der Waals surface area contributed by atoms with Crippen LogP contribution in [0, 0.1) is 20.7 Å². The van der Waals surface area contributed by atoms with E-state index >= 15 is 0 Å². The first-order valence-corrected chi connectivity index (χ1v) is 7.45. The molecule has 0 atom stereocenters. The first-order chi connectivity index (χ1) is 9.52. The number of aromatic hydroxyl groups is 1. The third kappa shape index (κ3) is 3.19. The lowest BCUT2D eigenvalue weighted by Gasteiger charge is -2.04. The molecule has 5 heteroatoms. The van der Waals surface area contributed by atoms with Crippen molar-refractivity contribution < 1.29 is 9.50 Å². The van der Waals surface area contributed by atoms with Gasteiger partial charge in [0.05, 0.1) is 19.7 Å². The van der Waals surface area contributed by atoms with E-state index in [0.717, 1.165) is 0 Å². The maximum absolute atomic E-state index is 13.7. The van der Waals surface area contributed by atoms with Crippen molar-refractivity contribution in [1.82, 2.24) is 0 Å². The van der Waals surface area contributed by atoms with Gasteiger partial charge in [0.15, 0.2) is 0 Å². The Bertz CT molecular complexity index is 714. The average Bonchev–Trinajstić information content (AvgIpc) is 2.43. The van der Waals surface area contributed by atoms with E-state index < -0.39 is 5.82 Å². The third-order valence-corrected chi connectivity index (χ3v) is 4.06. The van der Waals surface area contributed by atoms with Crippen LogP contribution in [0.2, 0.25) is 0 Å². The SMILES string of the molecule is N#C/C(=C/c1cc(Br)c(O)c(I)c1)c1ccccc1F. The van der Waals surface area contributed by atoms with Crippen LogP contribution in [0.4, 0.5) is 4.39 Å². The van der Waals surface area contributed by atoms with Crippen molar-refractivity contribution in [3.63, 3.8) is 0 Å². The van der Waals surface area contributed by atoms with E-state index in [1.54, 1.807) is 36.4 Å². The Morgan fingerprint density at radius 3 is 2.65 bits per heavy atom. The van der Waals surface area contributed by atoms with Crippen LogP contribution in [-0.2, 0) is 0 Å². The van der Waals surface area contributed by atoms with Crippen LogP contribution >= 0.6 is 38.5 Å². The second kappa shape index (κ2) is 6.37. The number of rotatable bonds is 2. The molecule has 0 heterocycles. The van der Waals surface area contributed by atoms with Crippen molar-refractivity contribution in [2.24, 2.45) is 0 Å². The number of hydrogen-bond acceptors (Lipinski definition) is 2. The van der Waals surface area contributed by atoms with Gasteiger partial charge in [-0.2, -0.15) is 5.26 Å². The highest BCUT2D eigenvalue weighted by Crippen LogP contribution is 2.32. The quantitative estimate of drug-likeness (QED) is 0.405. The molecule has 100 valence electrons. The van der Waals surface area contributed by atoms with Gasteiger partial charge in [0.25, 0.3) is 0 Å². The largest absolute Gasteiger partial charge is 0.506 e. The van der Waals surface area contributed by atoms with Crippen molar-refractivity contribution >= 4 is 50.2 Å². The zero-order valence-electron chi connectivity index (χ0n) is 10.1. The molecule has 0 aliphatic rings. The topological polar surface area (TPSA) is 44.0 Å². The molecule has 0 radical (unpaired) electrons. The fourth-order valence-electron chi connectivity index (χ4n) is 1.69. The van der Waals surface area contributed by atoms with E-state index in [-0.39, 0.29) is 16.9 Å². The smallest absolute Gasteiger partial charge is 0.143 e. The van der Waals surface area contributed by atoms with Gasteiger partial charge in [0.2, 0.25) is 0 Å². The molecule has 0 spiro atoms. The molecule has 0 aliphatic heterocycles. The number of phenols is 1. The van der Waals surface area contributed by atoms with Crippen LogP contribution in [0.3, 0.4) is 0 Å². The number of hydrogen-bond donors (Lipinski definition) is 1. The highest BCUT2D eigenvalue weighted by atomic mass is 127. The molecule has 2 aromatic rings. The lowest BCUT2D eigenvalue weighted by atomic mass is 10.0. The van der Waals surface area contributed by atoms with Crippen LogP contribution < -0.4 is 0 Å². The molecule has 2 nitrogen and oxygen atoms in total. The zero-order valence-corrected chi connectivity index (χ0v) is 13.8. The van der Waals surface area contributed by atoms with Gasteiger partial charge in [-0.25, -0.2) is 4.39 Å². The van der Waals surface area contributed by atoms with Crippen molar-refractivity contribution in [3.8, 4) is 11.8 Å². The van der Waals surface area contributed by atoms with Crippen LogP contribution in [0.5, 0.6) is 5.75 Å². The van der Waals surface area contributed by atoms with E-state index in [2.05, 4.69) is 15.9 Å². The predicted octanol–water partition coefficient (Wildman–Crippen LogP) is 4.96. The van der Waals surface area contributed by atoms with E-state index in [1.807, 2.05) is 28.7 Å². The Kier molecular flexibility index (Phi) is 4.78. The minimum absolute atomic E-state index is 0.146. The van der Waals surface area contributed by atoms with Crippen LogP contribution in [0.25, 0.3) is 11.6 Å². The summed E-state index contributed by atoms with van der Waals surface area (Å²) in [5.41, 5.74) is 1.20. The second-order valence-corrected chi connectivity index (χ2v) is 6.00. The van der Waals surface area contributed by atoms with E-state index in [9.17, 15) is 14.8 Å². The lowest BCUT2D eigenvalue weighted by Crippen LogP contribution is -1.88. The number of benzene rings is 2. The highest BCUT2D eigenvalue weighted by molar-refractivity contribution is 14.1. The van der Waals surface area contributed by atoms with Crippen LogP contribution in [0.15, 0.2) is 40.9 Å². The molecule has 0 amide bonds. The molecule has 0 fully saturated rings. The summed E-state index contributed by atoms with van der Waals surface area (Å²) in [6.07, 6.45) is 1.59. The average molecular weight is 444 g/mol. The molecule has 0 saturated carbocycles. The summed E-state index contributed by atoms with van der Waals surface area (Å²) in [4.78, 5) is 0. The maximum atomic E-state index is 13.7. The molecule has 0 unspecified atom stereocenters. The Hall–Kier alpha value is -1.39. The number of nitriles is 1. The summed E-state index contributed by atoms with van der Waals surface area (Å²) in [6.45, 7) is 0. The fraction of sp³-hybridized carbons (Fsp3) is 0. The van der Waals surface area contributed by atoms with Crippen molar-refractivity contribution in [3.05, 3.63) is 61.4 Å². The molecule has 0 saturated heterocycles. The second-order valence-electron chi connectivity index (χ2n) is 3.98. The number of phenolic OH excluding ortho intramolecular Hbond substituents is 1. The zero-order chi connectivity index (χ0) is 14.7. The molecular weight excluding hydrogens is 436 g/mol. The Labute approximate surface area is 137 Å². The monoisotopic (exact) mass is 443 g/mol. The molecule has 1 N–H and O–H groups in total.